The number of methoxy groups -OCH3 is 1. The highest BCUT2D eigenvalue weighted by Gasteiger charge is 2.62. The molecule has 2 bridgehead atoms. The normalized spacial score (nSPS) is 25.7. The van der Waals surface area contributed by atoms with Gasteiger partial charge < -0.3 is 4.74 Å². The van der Waals surface area contributed by atoms with Gasteiger partial charge in [-0.05, 0) is 41.3 Å². The second-order valence-corrected chi connectivity index (χ2v) is 8.45. The summed E-state index contributed by atoms with van der Waals surface area (Å²) >= 11 is 0. The fourth-order valence-corrected chi connectivity index (χ4v) is 5.90. The average Bonchev–Trinajstić information content (AvgIpc) is 3.04. The van der Waals surface area contributed by atoms with E-state index in [0.29, 0.717) is 11.4 Å². The van der Waals surface area contributed by atoms with E-state index in [1.54, 1.807) is 19.2 Å². The Hall–Kier alpha value is -3.40. The molecule has 4 nitrogen and oxygen atoms in total. The van der Waals surface area contributed by atoms with Crippen LogP contribution in [-0.2, 0) is 9.59 Å². The van der Waals surface area contributed by atoms with Crippen molar-refractivity contribution in [1.82, 2.24) is 0 Å². The number of para-hydroxylation sites is 2. The van der Waals surface area contributed by atoms with Crippen LogP contribution in [0.2, 0.25) is 0 Å². The molecule has 0 unspecified atom stereocenters. The number of hydrogen-bond donors (Lipinski definition) is 0. The molecule has 0 spiro atoms. The van der Waals surface area contributed by atoms with Crippen LogP contribution in [-0.4, -0.2) is 18.9 Å². The largest absolute Gasteiger partial charge is 0.495 e. The van der Waals surface area contributed by atoms with Crippen molar-refractivity contribution in [1.29, 1.82) is 0 Å². The number of hydrogen-bond acceptors (Lipinski definition) is 3. The van der Waals surface area contributed by atoms with Crippen molar-refractivity contribution in [2.45, 2.75) is 18.8 Å². The molecule has 4 heteroatoms. The Kier molecular flexibility index (Phi) is 3.52. The Morgan fingerprint density at radius 1 is 0.733 bits per heavy atom. The van der Waals surface area contributed by atoms with Gasteiger partial charge in [-0.1, -0.05) is 60.2 Å². The molecule has 1 fully saturated rings. The zero-order valence-electron chi connectivity index (χ0n) is 16.8. The van der Waals surface area contributed by atoms with Gasteiger partial charge >= 0.3 is 0 Å². The Morgan fingerprint density at radius 2 is 1.30 bits per heavy atom. The van der Waals surface area contributed by atoms with Crippen LogP contribution in [0.25, 0.3) is 0 Å². The fraction of sp³-hybridized carbons (Fsp3) is 0.231. The van der Waals surface area contributed by atoms with E-state index in [-0.39, 0.29) is 35.5 Å². The van der Waals surface area contributed by atoms with E-state index in [1.807, 2.05) is 24.3 Å². The zero-order chi connectivity index (χ0) is 20.6. The summed E-state index contributed by atoms with van der Waals surface area (Å²) in [5.74, 6) is -0.646. The van der Waals surface area contributed by atoms with E-state index in [1.165, 1.54) is 32.7 Å². The molecule has 0 N–H and O–H groups in total. The maximum absolute atomic E-state index is 13.8. The summed E-state index contributed by atoms with van der Waals surface area (Å²) in [6.45, 7) is 2.08. The molecular formula is C26H21NO3. The Morgan fingerprint density at radius 3 is 1.97 bits per heavy atom. The number of imide groups is 1. The number of benzene rings is 3. The van der Waals surface area contributed by atoms with Gasteiger partial charge in [0.05, 0.1) is 24.6 Å². The number of carbonyl (C=O) groups is 2. The molecule has 30 heavy (non-hydrogen) atoms. The lowest BCUT2D eigenvalue weighted by Gasteiger charge is -2.46. The first-order valence-electron chi connectivity index (χ1n) is 10.3. The molecule has 3 aliphatic carbocycles. The van der Waals surface area contributed by atoms with Gasteiger partial charge in [0.15, 0.2) is 0 Å². The van der Waals surface area contributed by atoms with Crippen molar-refractivity contribution < 1.29 is 14.3 Å². The molecule has 7 rings (SSSR count). The second-order valence-electron chi connectivity index (χ2n) is 8.45. The first kappa shape index (κ1) is 17.5. The smallest absolute Gasteiger partial charge is 0.238 e. The van der Waals surface area contributed by atoms with Crippen LogP contribution in [0.1, 0.15) is 39.7 Å². The highest BCUT2D eigenvalue weighted by atomic mass is 16.5. The summed E-state index contributed by atoms with van der Waals surface area (Å²) in [5.41, 5.74) is 6.46. The molecule has 4 aliphatic rings. The van der Waals surface area contributed by atoms with Crippen molar-refractivity contribution in [3.63, 3.8) is 0 Å². The van der Waals surface area contributed by atoms with Crippen molar-refractivity contribution in [2.75, 3.05) is 12.0 Å². The molecule has 3 aromatic rings. The standard InChI is InChI=1S/C26H21NO3/c1-14-11-12-17-18(13-14)22-16-8-4-3-7-15(16)21(17)23-24(22)26(29)27(25(23)28)19-9-5-6-10-20(19)30-2/h3-13,21-24H,1-2H3/t21-,22-,23+,24-/m1/s1. The first-order chi connectivity index (χ1) is 14.6. The Balaban J connectivity index is 1.58. The summed E-state index contributed by atoms with van der Waals surface area (Å²) in [7, 11) is 1.56. The summed E-state index contributed by atoms with van der Waals surface area (Å²) in [6.07, 6.45) is 0. The van der Waals surface area contributed by atoms with Crippen LogP contribution in [0.4, 0.5) is 5.69 Å². The molecule has 3 aromatic carbocycles. The monoisotopic (exact) mass is 395 g/mol. The lowest BCUT2D eigenvalue weighted by Crippen LogP contribution is -2.41. The van der Waals surface area contributed by atoms with Gasteiger partial charge in [0, 0.05) is 11.8 Å². The molecule has 0 aromatic heterocycles. The highest BCUT2D eigenvalue weighted by molar-refractivity contribution is 6.24. The summed E-state index contributed by atoms with van der Waals surface area (Å²) in [5, 5.41) is 0. The molecule has 1 saturated heterocycles. The number of nitrogens with zero attached hydrogens (tertiary/aromatic N) is 1. The van der Waals surface area contributed by atoms with Crippen LogP contribution in [0.3, 0.4) is 0 Å². The van der Waals surface area contributed by atoms with E-state index in [9.17, 15) is 9.59 Å². The van der Waals surface area contributed by atoms with Crippen LogP contribution >= 0.6 is 0 Å². The lowest BCUT2D eigenvalue weighted by atomic mass is 9.55. The third-order valence-electron chi connectivity index (χ3n) is 7.02. The van der Waals surface area contributed by atoms with Crippen LogP contribution < -0.4 is 9.64 Å². The van der Waals surface area contributed by atoms with Gasteiger partial charge in [-0.25, -0.2) is 4.90 Å². The van der Waals surface area contributed by atoms with Crippen molar-refractivity contribution in [2.24, 2.45) is 11.8 Å². The maximum Gasteiger partial charge on any atom is 0.238 e. The predicted octanol–water partition coefficient (Wildman–Crippen LogP) is 4.40. The second kappa shape index (κ2) is 6.05. The van der Waals surface area contributed by atoms with Crippen LogP contribution in [0, 0.1) is 18.8 Å². The minimum atomic E-state index is -0.378. The molecule has 148 valence electrons. The molecule has 1 aliphatic heterocycles. The molecule has 1 heterocycles. The van der Waals surface area contributed by atoms with E-state index >= 15 is 0 Å². The minimum Gasteiger partial charge on any atom is -0.495 e. The van der Waals surface area contributed by atoms with E-state index in [0.717, 1.165) is 0 Å². The van der Waals surface area contributed by atoms with Crippen molar-refractivity contribution >= 4 is 17.5 Å². The first-order valence-corrected chi connectivity index (χ1v) is 10.3. The van der Waals surface area contributed by atoms with Gasteiger partial charge in [0.1, 0.15) is 5.75 Å². The van der Waals surface area contributed by atoms with E-state index in [4.69, 9.17) is 4.74 Å². The number of ether oxygens (including phenoxy) is 1. The van der Waals surface area contributed by atoms with Crippen LogP contribution in [0.5, 0.6) is 5.75 Å². The van der Waals surface area contributed by atoms with Gasteiger partial charge in [-0.2, -0.15) is 0 Å². The van der Waals surface area contributed by atoms with Crippen LogP contribution in [0.15, 0.2) is 66.7 Å². The number of anilines is 1. The van der Waals surface area contributed by atoms with Gasteiger partial charge in [0.25, 0.3) is 0 Å². The lowest BCUT2D eigenvalue weighted by molar-refractivity contribution is -0.122. The molecular weight excluding hydrogens is 374 g/mol. The number of aryl methyl sites for hydroxylation is 1. The average molecular weight is 395 g/mol. The SMILES string of the molecule is COc1ccccc1N1C(=O)[C@@H]2[C@@H]3c4ccccc4[C@H](c4ccc(C)cc43)[C@@H]2C1=O. The summed E-state index contributed by atoms with van der Waals surface area (Å²) in [4.78, 5) is 28.9. The van der Waals surface area contributed by atoms with Gasteiger partial charge in [-0.3, -0.25) is 9.59 Å². The third kappa shape index (κ3) is 2.06. The van der Waals surface area contributed by atoms with Gasteiger partial charge in [0.2, 0.25) is 11.8 Å². The molecule has 4 atom stereocenters. The molecule has 0 radical (unpaired) electrons. The van der Waals surface area contributed by atoms with E-state index in [2.05, 4.69) is 37.3 Å². The topological polar surface area (TPSA) is 46.6 Å². The number of amides is 2. The Bertz CT molecular complexity index is 1230. The minimum absolute atomic E-state index is 0.0945. The highest BCUT2D eigenvalue weighted by Crippen LogP contribution is 2.61. The summed E-state index contributed by atoms with van der Waals surface area (Å²) in [6, 6.07) is 22.0. The van der Waals surface area contributed by atoms with Gasteiger partial charge in [-0.15, -0.1) is 0 Å². The number of rotatable bonds is 2. The quantitative estimate of drug-likeness (QED) is 0.604. The molecule has 0 saturated carbocycles. The third-order valence-corrected chi connectivity index (χ3v) is 7.02. The Labute approximate surface area is 175 Å². The van der Waals surface area contributed by atoms with Crippen molar-refractivity contribution in [3.8, 4) is 5.75 Å². The predicted molar refractivity (Wildman–Crippen MR) is 114 cm³/mol. The van der Waals surface area contributed by atoms with Crippen molar-refractivity contribution in [3.05, 3.63) is 94.5 Å². The summed E-state index contributed by atoms with van der Waals surface area (Å²) < 4.78 is 5.47. The fourth-order valence-electron chi connectivity index (χ4n) is 5.90. The zero-order valence-corrected chi connectivity index (χ0v) is 16.8. The molecule has 2 amide bonds. The maximum atomic E-state index is 13.8. The number of carbonyl (C=O) groups excluding carboxylic acids is 2. The van der Waals surface area contributed by atoms with E-state index < -0.39 is 0 Å².